The van der Waals surface area contributed by atoms with Gasteiger partial charge in [-0.2, -0.15) is 0 Å². The molecule has 1 fully saturated rings. The topological polar surface area (TPSA) is 182 Å². The van der Waals surface area contributed by atoms with Crippen molar-refractivity contribution in [2.45, 2.75) is 57.9 Å². The molecule has 0 unspecified atom stereocenters. The van der Waals surface area contributed by atoms with Gasteiger partial charge in [-0.1, -0.05) is 50.2 Å². The van der Waals surface area contributed by atoms with Gasteiger partial charge < -0.3 is 31.7 Å². The number of rotatable bonds is 6. The Morgan fingerprint density at radius 3 is 2.21 bits per heavy atom. The quantitative estimate of drug-likeness (QED) is 0.242. The first-order chi connectivity index (χ1) is 20.6. The monoisotopic (exact) mass is 595 g/mol. The molecule has 0 bridgehead atoms. The van der Waals surface area contributed by atoms with Crippen molar-refractivity contribution in [3.8, 4) is 0 Å². The van der Waals surface area contributed by atoms with Crippen LogP contribution in [0.4, 0.5) is 0 Å². The minimum atomic E-state index is -1.37. The summed E-state index contributed by atoms with van der Waals surface area (Å²) in [7, 11) is 0. The standard InChI is InChI=1S/C30H41N7O6/c1-19(2)26-30(43)33-20(3)27(40)35-24(18-38)29(42)34-23(15-21-9-5-4-6-10-21)28(41)32-13-14-37(17-25(39)36-26)16-22-11-7-8-12-31-22/h4-12,19-20,23-24,26,38H,13-18H2,1-3H3,(H,32,41)(H,33,43)(H,34,42)(H,35,40)(H,36,39)/t20-,23+,24-,26+/m0/s1. The molecule has 4 atom stereocenters. The van der Waals surface area contributed by atoms with Gasteiger partial charge in [0.05, 0.1) is 18.8 Å². The SMILES string of the molecule is CC(C)[C@H]1NC(=O)CN(Cc2ccccn2)CCNC(=O)[C@@H](Cc2ccccc2)NC(=O)[C@H](CO)NC(=O)[C@H](C)NC1=O. The number of pyridine rings is 1. The first-order valence-corrected chi connectivity index (χ1v) is 14.3. The molecule has 0 spiro atoms. The molecule has 0 aliphatic carbocycles. The van der Waals surface area contributed by atoms with Crippen LogP contribution in [0, 0.1) is 5.92 Å². The minimum Gasteiger partial charge on any atom is -0.394 e. The number of nitrogens with zero attached hydrogens (tertiary/aromatic N) is 2. The molecule has 13 nitrogen and oxygen atoms in total. The highest BCUT2D eigenvalue weighted by Gasteiger charge is 2.31. The van der Waals surface area contributed by atoms with Crippen molar-refractivity contribution >= 4 is 29.5 Å². The van der Waals surface area contributed by atoms with Gasteiger partial charge in [-0.15, -0.1) is 0 Å². The van der Waals surface area contributed by atoms with E-state index in [-0.39, 0.29) is 32.0 Å². The van der Waals surface area contributed by atoms with E-state index in [0.717, 1.165) is 5.56 Å². The number of carbonyl (C=O) groups excluding carboxylic acids is 5. The van der Waals surface area contributed by atoms with Crippen LogP contribution in [0.15, 0.2) is 54.7 Å². The highest BCUT2D eigenvalue weighted by Crippen LogP contribution is 2.07. The van der Waals surface area contributed by atoms with Crippen molar-refractivity contribution in [2.75, 3.05) is 26.2 Å². The summed E-state index contributed by atoms with van der Waals surface area (Å²) in [5, 5.41) is 23.1. The van der Waals surface area contributed by atoms with Crippen molar-refractivity contribution in [3.63, 3.8) is 0 Å². The molecule has 232 valence electrons. The van der Waals surface area contributed by atoms with Crippen LogP contribution < -0.4 is 26.6 Å². The van der Waals surface area contributed by atoms with Gasteiger partial charge in [0, 0.05) is 32.3 Å². The van der Waals surface area contributed by atoms with Crippen LogP contribution in [0.25, 0.3) is 0 Å². The molecule has 3 rings (SSSR count). The van der Waals surface area contributed by atoms with E-state index in [1.165, 1.54) is 6.92 Å². The van der Waals surface area contributed by atoms with Crippen LogP contribution in [0.2, 0.25) is 0 Å². The van der Waals surface area contributed by atoms with E-state index < -0.39 is 60.3 Å². The molecule has 1 aliphatic rings. The maximum absolute atomic E-state index is 13.3. The van der Waals surface area contributed by atoms with E-state index in [1.807, 2.05) is 42.5 Å². The Bertz CT molecular complexity index is 1240. The van der Waals surface area contributed by atoms with Crippen molar-refractivity contribution in [2.24, 2.45) is 5.92 Å². The van der Waals surface area contributed by atoms with Crippen LogP contribution in [-0.4, -0.2) is 94.9 Å². The molecule has 13 heteroatoms. The molecule has 1 aliphatic heterocycles. The van der Waals surface area contributed by atoms with E-state index >= 15 is 0 Å². The second-order valence-corrected chi connectivity index (χ2v) is 10.8. The Hall–Kier alpha value is -4.36. The Morgan fingerprint density at radius 1 is 0.860 bits per heavy atom. The summed E-state index contributed by atoms with van der Waals surface area (Å²) in [5.41, 5.74) is 1.50. The van der Waals surface area contributed by atoms with Crippen molar-refractivity contribution in [3.05, 3.63) is 66.0 Å². The van der Waals surface area contributed by atoms with Crippen LogP contribution in [0.5, 0.6) is 0 Å². The summed E-state index contributed by atoms with van der Waals surface area (Å²) in [4.78, 5) is 71.6. The Kier molecular flexibility index (Phi) is 12.6. The van der Waals surface area contributed by atoms with Gasteiger partial charge in [0.1, 0.15) is 24.2 Å². The minimum absolute atomic E-state index is 0.0820. The fraction of sp³-hybridized carbons (Fsp3) is 0.467. The lowest BCUT2D eigenvalue weighted by molar-refractivity contribution is -0.135. The lowest BCUT2D eigenvalue weighted by Gasteiger charge is -2.28. The van der Waals surface area contributed by atoms with E-state index in [2.05, 4.69) is 31.6 Å². The fourth-order valence-electron chi connectivity index (χ4n) is 4.54. The molecule has 6 N–H and O–H groups in total. The van der Waals surface area contributed by atoms with Gasteiger partial charge in [0.2, 0.25) is 29.5 Å². The molecule has 2 heterocycles. The molecule has 1 aromatic heterocycles. The first-order valence-electron chi connectivity index (χ1n) is 14.3. The summed E-state index contributed by atoms with van der Waals surface area (Å²) in [6.07, 6.45) is 1.81. The molecule has 0 saturated carbocycles. The summed E-state index contributed by atoms with van der Waals surface area (Å²) in [6, 6.07) is 10.1. The van der Waals surface area contributed by atoms with E-state index in [0.29, 0.717) is 12.2 Å². The van der Waals surface area contributed by atoms with Gasteiger partial charge in [0.25, 0.3) is 0 Å². The van der Waals surface area contributed by atoms with Gasteiger partial charge in [0.15, 0.2) is 0 Å². The zero-order valence-corrected chi connectivity index (χ0v) is 24.7. The van der Waals surface area contributed by atoms with Crippen LogP contribution in [0.3, 0.4) is 0 Å². The average Bonchev–Trinajstić information content (AvgIpc) is 2.98. The lowest BCUT2D eigenvalue weighted by Crippen LogP contribution is -2.60. The van der Waals surface area contributed by atoms with E-state index in [4.69, 9.17) is 0 Å². The summed E-state index contributed by atoms with van der Waals surface area (Å²) in [5.74, 6) is -3.22. The van der Waals surface area contributed by atoms with Crippen molar-refractivity contribution in [1.29, 1.82) is 0 Å². The third-order valence-corrected chi connectivity index (χ3v) is 6.96. The summed E-state index contributed by atoms with van der Waals surface area (Å²) in [6.45, 7) is 4.87. The van der Waals surface area contributed by atoms with Gasteiger partial charge in [-0.3, -0.25) is 33.9 Å². The average molecular weight is 596 g/mol. The zero-order valence-electron chi connectivity index (χ0n) is 24.7. The Labute approximate surface area is 251 Å². The normalized spacial score (nSPS) is 23.7. The van der Waals surface area contributed by atoms with Crippen LogP contribution >= 0.6 is 0 Å². The lowest BCUT2D eigenvalue weighted by atomic mass is 10.0. The number of carbonyl (C=O) groups is 5. The Morgan fingerprint density at radius 2 is 1.56 bits per heavy atom. The summed E-state index contributed by atoms with van der Waals surface area (Å²) < 4.78 is 0. The maximum Gasteiger partial charge on any atom is 0.245 e. The third-order valence-electron chi connectivity index (χ3n) is 6.96. The number of aliphatic hydroxyl groups excluding tert-OH is 1. The molecule has 43 heavy (non-hydrogen) atoms. The molecule has 5 amide bonds. The number of nitrogens with one attached hydrogen (secondary N) is 5. The number of benzene rings is 1. The first kappa shape index (κ1) is 33.1. The van der Waals surface area contributed by atoms with Crippen LogP contribution in [0.1, 0.15) is 32.0 Å². The molecular weight excluding hydrogens is 554 g/mol. The highest BCUT2D eigenvalue weighted by molar-refractivity contribution is 5.95. The van der Waals surface area contributed by atoms with E-state index in [9.17, 15) is 29.1 Å². The molecule has 1 aromatic carbocycles. The second kappa shape index (κ2) is 16.3. The smallest absolute Gasteiger partial charge is 0.245 e. The largest absolute Gasteiger partial charge is 0.394 e. The van der Waals surface area contributed by atoms with Crippen LogP contribution in [-0.2, 0) is 36.9 Å². The highest BCUT2D eigenvalue weighted by atomic mass is 16.3. The molecule has 0 radical (unpaired) electrons. The predicted molar refractivity (Wildman–Crippen MR) is 158 cm³/mol. The fourth-order valence-corrected chi connectivity index (χ4v) is 4.54. The van der Waals surface area contributed by atoms with Crippen molar-refractivity contribution < 1.29 is 29.1 Å². The zero-order chi connectivity index (χ0) is 31.4. The number of hydrogen-bond acceptors (Lipinski definition) is 8. The Balaban J connectivity index is 1.88. The van der Waals surface area contributed by atoms with E-state index in [1.54, 1.807) is 31.0 Å². The number of aromatic nitrogens is 1. The number of aliphatic hydroxyl groups is 1. The number of hydrogen-bond donors (Lipinski definition) is 6. The predicted octanol–water partition coefficient (Wildman–Crippen LogP) is -1.14. The number of amides is 5. The van der Waals surface area contributed by atoms with Gasteiger partial charge in [-0.25, -0.2) is 0 Å². The molecular formula is C30H41N7O6. The summed E-state index contributed by atoms with van der Waals surface area (Å²) >= 11 is 0. The third kappa shape index (κ3) is 10.5. The van der Waals surface area contributed by atoms with Crippen molar-refractivity contribution in [1.82, 2.24) is 36.5 Å². The van der Waals surface area contributed by atoms with Gasteiger partial charge >= 0.3 is 0 Å². The maximum atomic E-state index is 13.3. The van der Waals surface area contributed by atoms with Gasteiger partial charge in [-0.05, 0) is 30.5 Å². The molecule has 2 aromatic rings. The second-order valence-electron chi connectivity index (χ2n) is 10.8. The molecule has 1 saturated heterocycles.